The van der Waals surface area contributed by atoms with Gasteiger partial charge in [0.1, 0.15) is 0 Å². The molecule has 1 fully saturated rings. The summed E-state index contributed by atoms with van der Waals surface area (Å²) in [5.41, 5.74) is 0.941. The Labute approximate surface area is 109 Å². The maximum Gasteiger partial charge on any atom is 0.227 e. The first-order valence-electron chi connectivity index (χ1n) is 6.20. The molecular weight excluding hydrogens is 246 g/mol. The van der Waals surface area contributed by atoms with Gasteiger partial charge in [-0.05, 0) is 31.5 Å². The molecule has 0 radical (unpaired) electrons. The largest absolute Gasteiger partial charge is 0.313 e. The highest BCUT2D eigenvalue weighted by Gasteiger charge is 2.18. The number of fused-ring (bicyclic) bond motifs is 1. The smallest absolute Gasteiger partial charge is 0.227 e. The quantitative estimate of drug-likeness (QED) is 0.892. The zero-order chi connectivity index (χ0) is 12.4. The number of thiazole rings is 1. The molecule has 2 aromatic rings. The van der Waals surface area contributed by atoms with Crippen LogP contribution in [0.4, 0.5) is 5.13 Å². The highest BCUT2D eigenvalue weighted by Crippen LogP contribution is 2.25. The molecular formula is C13H15N3OS. The minimum Gasteiger partial charge on any atom is -0.313 e. The maximum absolute atomic E-state index is 11.9. The number of nitrogens with one attached hydrogen (secondary N) is 2. The number of aromatic nitrogens is 1. The van der Waals surface area contributed by atoms with Crippen LogP contribution < -0.4 is 10.6 Å². The summed E-state index contributed by atoms with van der Waals surface area (Å²) in [5.74, 6) is 0.0495. The Kier molecular flexibility index (Phi) is 3.25. The summed E-state index contributed by atoms with van der Waals surface area (Å²) in [7, 11) is 0. The van der Waals surface area contributed by atoms with E-state index >= 15 is 0 Å². The molecule has 0 aliphatic carbocycles. The molecule has 1 aliphatic rings. The van der Waals surface area contributed by atoms with Crippen molar-refractivity contribution in [3.05, 3.63) is 24.3 Å². The number of carbonyl (C=O) groups is 1. The number of benzene rings is 1. The van der Waals surface area contributed by atoms with Crippen molar-refractivity contribution in [2.75, 3.05) is 11.9 Å². The average Bonchev–Trinajstić information content (AvgIpc) is 2.96. The van der Waals surface area contributed by atoms with E-state index in [9.17, 15) is 4.79 Å². The fourth-order valence-electron chi connectivity index (χ4n) is 2.25. The van der Waals surface area contributed by atoms with Crippen LogP contribution in [0.2, 0.25) is 0 Å². The van der Waals surface area contributed by atoms with Gasteiger partial charge in [-0.3, -0.25) is 4.79 Å². The lowest BCUT2D eigenvalue weighted by Crippen LogP contribution is -2.27. The number of para-hydroxylation sites is 1. The van der Waals surface area contributed by atoms with E-state index in [1.54, 1.807) is 0 Å². The molecule has 1 atom stereocenters. The molecule has 1 amide bonds. The van der Waals surface area contributed by atoms with Crippen LogP contribution in [0.3, 0.4) is 0 Å². The first kappa shape index (κ1) is 11.6. The summed E-state index contributed by atoms with van der Waals surface area (Å²) < 4.78 is 1.10. The molecule has 0 saturated carbocycles. The van der Waals surface area contributed by atoms with Crippen molar-refractivity contribution in [3.63, 3.8) is 0 Å². The van der Waals surface area contributed by atoms with Crippen molar-refractivity contribution < 1.29 is 4.79 Å². The van der Waals surface area contributed by atoms with E-state index in [2.05, 4.69) is 15.6 Å². The molecule has 94 valence electrons. The molecule has 1 aromatic heterocycles. The van der Waals surface area contributed by atoms with Crippen LogP contribution in [0.5, 0.6) is 0 Å². The highest BCUT2D eigenvalue weighted by molar-refractivity contribution is 7.22. The molecule has 5 heteroatoms. The van der Waals surface area contributed by atoms with Gasteiger partial charge in [0.2, 0.25) is 5.91 Å². The van der Waals surface area contributed by atoms with Crippen molar-refractivity contribution in [1.29, 1.82) is 0 Å². The minimum atomic E-state index is 0.0495. The van der Waals surface area contributed by atoms with Gasteiger partial charge in [-0.2, -0.15) is 0 Å². The van der Waals surface area contributed by atoms with Gasteiger partial charge < -0.3 is 10.6 Å². The summed E-state index contributed by atoms with van der Waals surface area (Å²) in [6.07, 6.45) is 2.79. The molecule has 1 saturated heterocycles. The van der Waals surface area contributed by atoms with Crippen LogP contribution >= 0.6 is 11.3 Å². The van der Waals surface area contributed by atoms with Gasteiger partial charge in [-0.1, -0.05) is 23.5 Å². The van der Waals surface area contributed by atoms with Crippen molar-refractivity contribution in [2.45, 2.75) is 25.3 Å². The predicted octanol–water partition coefficient (Wildman–Crippen LogP) is 2.38. The molecule has 2 heterocycles. The predicted molar refractivity (Wildman–Crippen MR) is 73.9 cm³/mol. The summed E-state index contributed by atoms with van der Waals surface area (Å²) >= 11 is 1.52. The second-order valence-corrected chi connectivity index (χ2v) is 5.56. The van der Waals surface area contributed by atoms with E-state index < -0.39 is 0 Å². The Hall–Kier alpha value is -1.46. The van der Waals surface area contributed by atoms with Crippen LogP contribution in [0.25, 0.3) is 10.2 Å². The number of amides is 1. The molecule has 1 aliphatic heterocycles. The molecule has 0 bridgehead atoms. The van der Waals surface area contributed by atoms with Crippen molar-refractivity contribution in [1.82, 2.24) is 10.3 Å². The second kappa shape index (κ2) is 5.04. The Morgan fingerprint density at radius 1 is 1.50 bits per heavy atom. The van der Waals surface area contributed by atoms with Gasteiger partial charge in [0.25, 0.3) is 0 Å². The van der Waals surface area contributed by atoms with E-state index in [1.807, 2.05) is 24.3 Å². The number of hydrogen-bond acceptors (Lipinski definition) is 4. The van der Waals surface area contributed by atoms with E-state index in [0.29, 0.717) is 17.6 Å². The number of carbonyl (C=O) groups excluding carboxylic acids is 1. The lowest BCUT2D eigenvalue weighted by Gasteiger charge is -2.08. The van der Waals surface area contributed by atoms with E-state index in [4.69, 9.17) is 0 Å². The minimum absolute atomic E-state index is 0.0495. The number of hydrogen-bond donors (Lipinski definition) is 2. The van der Waals surface area contributed by atoms with Gasteiger partial charge in [0.05, 0.1) is 10.2 Å². The topological polar surface area (TPSA) is 54.0 Å². The van der Waals surface area contributed by atoms with E-state index in [0.717, 1.165) is 23.2 Å². The van der Waals surface area contributed by atoms with Crippen molar-refractivity contribution in [3.8, 4) is 0 Å². The van der Waals surface area contributed by atoms with Crippen LogP contribution in [0.15, 0.2) is 24.3 Å². The number of nitrogens with zero attached hydrogens (tertiary/aromatic N) is 1. The summed E-state index contributed by atoms with van der Waals surface area (Å²) in [6, 6.07) is 8.24. The van der Waals surface area contributed by atoms with Gasteiger partial charge in [-0.25, -0.2) is 4.98 Å². The van der Waals surface area contributed by atoms with E-state index in [1.165, 1.54) is 17.8 Å². The molecule has 3 rings (SSSR count). The van der Waals surface area contributed by atoms with Gasteiger partial charge in [0.15, 0.2) is 5.13 Å². The normalized spacial score (nSPS) is 19.2. The molecule has 18 heavy (non-hydrogen) atoms. The zero-order valence-corrected chi connectivity index (χ0v) is 10.8. The second-order valence-electron chi connectivity index (χ2n) is 4.53. The van der Waals surface area contributed by atoms with Crippen LogP contribution in [-0.4, -0.2) is 23.5 Å². The third kappa shape index (κ3) is 2.52. The maximum atomic E-state index is 11.9. The Bertz CT molecular complexity index is 527. The van der Waals surface area contributed by atoms with Crippen LogP contribution in [0, 0.1) is 0 Å². The van der Waals surface area contributed by atoms with Crippen LogP contribution in [0.1, 0.15) is 19.3 Å². The Morgan fingerprint density at radius 3 is 3.17 bits per heavy atom. The molecule has 4 nitrogen and oxygen atoms in total. The molecule has 2 N–H and O–H groups in total. The molecule has 1 unspecified atom stereocenters. The summed E-state index contributed by atoms with van der Waals surface area (Å²) in [5, 5.41) is 6.90. The van der Waals surface area contributed by atoms with Gasteiger partial charge in [0, 0.05) is 12.5 Å². The monoisotopic (exact) mass is 261 g/mol. The van der Waals surface area contributed by atoms with E-state index in [-0.39, 0.29) is 5.91 Å². The first-order valence-corrected chi connectivity index (χ1v) is 7.02. The van der Waals surface area contributed by atoms with Crippen molar-refractivity contribution in [2.24, 2.45) is 0 Å². The molecule has 1 aromatic carbocycles. The first-order chi connectivity index (χ1) is 8.81. The Morgan fingerprint density at radius 2 is 2.39 bits per heavy atom. The number of anilines is 1. The standard InChI is InChI=1S/C13H15N3OS/c17-12(8-9-4-3-7-14-9)16-13-15-10-5-1-2-6-11(10)18-13/h1-2,5-6,9,14H,3-4,7-8H2,(H,15,16,17). The fourth-order valence-corrected chi connectivity index (χ4v) is 3.13. The third-order valence-electron chi connectivity index (χ3n) is 3.13. The number of rotatable bonds is 3. The lowest BCUT2D eigenvalue weighted by molar-refractivity contribution is -0.116. The lowest BCUT2D eigenvalue weighted by atomic mass is 10.1. The highest BCUT2D eigenvalue weighted by atomic mass is 32.1. The zero-order valence-electron chi connectivity index (χ0n) is 9.98. The summed E-state index contributed by atoms with van der Waals surface area (Å²) in [6.45, 7) is 1.03. The average molecular weight is 261 g/mol. The third-order valence-corrected chi connectivity index (χ3v) is 4.09. The fraction of sp³-hybridized carbons (Fsp3) is 0.385. The Balaban J connectivity index is 1.66. The van der Waals surface area contributed by atoms with Gasteiger partial charge in [-0.15, -0.1) is 0 Å². The SMILES string of the molecule is O=C(CC1CCCN1)Nc1nc2ccccc2s1. The summed E-state index contributed by atoms with van der Waals surface area (Å²) in [4.78, 5) is 16.3. The molecule has 0 spiro atoms. The van der Waals surface area contributed by atoms with Crippen molar-refractivity contribution >= 4 is 32.6 Å². The van der Waals surface area contributed by atoms with Gasteiger partial charge >= 0.3 is 0 Å². The van der Waals surface area contributed by atoms with Crippen LogP contribution in [-0.2, 0) is 4.79 Å².